The first-order valence-electron chi connectivity index (χ1n) is 6.95. The third-order valence-electron chi connectivity index (χ3n) is 3.67. The molecule has 1 fully saturated rings. The predicted octanol–water partition coefficient (Wildman–Crippen LogP) is 3.05. The lowest BCUT2D eigenvalue weighted by Crippen LogP contribution is -2.55. The van der Waals surface area contributed by atoms with E-state index in [1.807, 2.05) is 18.2 Å². The first-order valence-corrected chi connectivity index (χ1v) is 8.54. The van der Waals surface area contributed by atoms with E-state index >= 15 is 0 Å². The van der Waals surface area contributed by atoms with Crippen LogP contribution in [0.5, 0.6) is 0 Å². The Hall–Kier alpha value is -0.430. The van der Waals surface area contributed by atoms with E-state index in [-0.39, 0.29) is 11.4 Å². The molecule has 1 aliphatic heterocycles. The first kappa shape index (κ1) is 16.9. The van der Waals surface area contributed by atoms with Crippen LogP contribution in [-0.4, -0.2) is 49.2 Å². The van der Waals surface area contributed by atoms with Crippen molar-refractivity contribution in [1.82, 2.24) is 10.2 Å². The van der Waals surface area contributed by atoms with Crippen LogP contribution >= 0.6 is 31.9 Å². The molecule has 116 valence electrons. The molecule has 0 spiro atoms. The Labute approximate surface area is 142 Å². The number of amides is 1. The lowest BCUT2D eigenvalue weighted by atomic mass is 10.0. The third-order valence-corrected chi connectivity index (χ3v) is 4.59. The van der Waals surface area contributed by atoms with Gasteiger partial charge in [-0.1, -0.05) is 31.9 Å². The molecular formula is C15H20Br2N2O2. The summed E-state index contributed by atoms with van der Waals surface area (Å²) in [6.07, 6.45) is 0. The number of halogens is 2. The maximum atomic E-state index is 12.3. The van der Waals surface area contributed by atoms with E-state index in [1.165, 1.54) is 0 Å². The van der Waals surface area contributed by atoms with Crippen molar-refractivity contribution in [3.63, 3.8) is 0 Å². The molecule has 0 aromatic heterocycles. The van der Waals surface area contributed by atoms with E-state index < -0.39 is 0 Å². The van der Waals surface area contributed by atoms with Crippen molar-refractivity contribution in [2.45, 2.75) is 19.4 Å². The predicted molar refractivity (Wildman–Crippen MR) is 90.6 cm³/mol. The van der Waals surface area contributed by atoms with Gasteiger partial charge in [-0.25, -0.2) is 0 Å². The Morgan fingerprint density at radius 1 is 1.24 bits per heavy atom. The van der Waals surface area contributed by atoms with Crippen molar-refractivity contribution < 1.29 is 9.53 Å². The van der Waals surface area contributed by atoms with Crippen molar-refractivity contribution in [3.05, 3.63) is 32.7 Å². The number of nitrogens with zero attached hydrogens (tertiary/aromatic N) is 1. The van der Waals surface area contributed by atoms with E-state index in [1.54, 1.807) is 0 Å². The minimum Gasteiger partial charge on any atom is -0.379 e. The highest BCUT2D eigenvalue weighted by atomic mass is 79.9. The Morgan fingerprint density at radius 3 is 2.38 bits per heavy atom. The summed E-state index contributed by atoms with van der Waals surface area (Å²) in [4.78, 5) is 14.6. The molecule has 1 heterocycles. The number of nitrogens with one attached hydrogen (secondary N) is 1. The van der Waals surface area contributed by atoms with Gasteiger partial charge in [0.1, 0.15) is 0 Å². The van der Waals surface area contributed by atoms with E-state index in [0.29, 0.717) is 12.1 Å². The van der Waals surface area contributed by atoms with Gasteiger partial charge in [-0.2, -0.15) is 0 Å². The van der Waals surface area contributed by atoms with Crippen LogP contribution in [0, 0.1) is 0 Å². The van der Waals surface area contributed by atoms with Crippen molar-refractivity contribution in [2.24, 2.45) is 0 Å². The summed E-state index contributed by atoms with van der Waals surface area (Å²) in [6, 6.07) is 5.55. The van der Waals surface area contributed by atoms with Crippen LogP contribution in [0.25, 0.3) is 0 Å². The summed E-state index contributed by atoms with van der Waals surface area (Å²) >= 11 is 6.80. The molecule has 1 aromatic rings. The number of rotatable bonds is 4. The molecule has 1 aliphatic rings. The number of benzene rings is 1. The third kappa shape index (κ3) is 4.77. The molecule has 0 radical (unpaired) electrons. The van der Waals surface area contributed by atoms with Gasteiger partial charge in [-0.15, -0.1) is 0 Å². The highest BCUT2D eigenvalue weighted by Crippen LogP contribution is 2.20. The van der Waals surface area contributed by atoms with Crippen LogP contribution in [0.15, 0.2) is 27.1 Å². The lowest BCUT2D eigenvalue weighted by molar-refractivity contribution is -0.00923. The summed E-state index contributed by atoms with van der Waals surface area (Å²) in [5, 5.41) is 3.03. The second-order valence-corrected chi connectivity index (χ2v) is 7.58. The van der Waals surface area contributed by atoms with Gasteiger partial charge in [-0.05, 0) is 32.0 Å². The molecule has 2 rings (SSSR count). The fraction of sp³-hybridized carbons (Fsp3) is 0.533. The molecule has 0 atom stereocenters. The molecule has 21 heavy (non-hydrogen) atoms. The van der Waals surface area contributed by atoms with Crippen molar-refractivity contribution in [3.8, 4) is 0 Å². The standard InChI is InChI=1S/C15H20Br2N2O2/c1-15(2,19-3-5-21-6-4-19)10-18-14(20)11-7-12(16)9-13(17)8-11/h7-9H,3-6,10H2,1-2H3,(H,18,20). The van der Waals surface area contributed by atoms with Gasteiger partial charge in [0.2, 0.25) is 0 Å². The minimum absolute atomic E-state index is 0.0571. The number of carbonyl (C=O) groups is 1. The molecular weight excluding hydrogens is 400 g/mol. The highest BCUT2D eigenvalue weighted by molar-refractivity contribution is 9.11. The van der Waals surface area contributed by atoms with Crippen LogP contribution in [0.3, 0.4) is 0 Å². The van der Waals surface area contributed by atoms with Crippen molar-refractivity contribution >= 4 is 37.8 Å². The normalized spacial score (nSPS) is 16.8. The highest BCUT2D eigenvalue weighted by Gasteiger charge is 2.28. The van der Waals surface area contributed by atoms with Gasteiger partial charge >= 0.3 is 0 Å². The topological polar surface area (TPSA) is 41.6 Å². The van der Waals surface area contributed by atoms with Gasteiger partial charge in [0.15, 0.2) is 0 Å². The zero-order chi connectivity index (χ0) is 15.5. The molecule has 1 amide bonds. The molecule has 0 bridgehead atoms. The average molecular weight is 420 g/mol. The Bertz CT molecular complexity index is 494. The summed E-state index contributed by atoms with van der Waals surface area (Å²) < 4.78 is 7.14. The second kappa shape index (κ2) is 7.22. The summed E-state index contributed by atoms with van der Waals surface area (Å²) in [6.45, 7) is 8.24. The van der Waals surface area contributed by atoms with Crippen LogP contribution in [0.4, 0.5) is 0 Å². The van der Waals surface area contributed by atoms with Crippen LogP contribution in [-0.2, 0) is 4.74 Å². The van der Waals surface area contributed by atoms with Gasteiger partial charge in [-0.3, -0.25) is 9.69 Å². The largest absolute Gasteiger partial charge is 0.379 e. The number of carbonyl (C=O) groups excluding carboxylic acids is 1. The number of ether oxygens (including phenoxy) is 1. The first-order chi connectivity index (χ1) is 9.88. The van der Waals surface area contributed by atoms with Gasteiger partial charge in [0, 0.05) is 39.7 Å². The molecule has 1 aromatic carbocycles. The summed E-state index contributed by atoms with van der Waals surface area (Å²) in [5.41, 5.74) is 0.567. The lowest BCUT2D eigenvalue weighted by Gasteiger charge is -2.40. The summed E-state index contributed by atoms with van der Waals surface area (Å²) in [5.74, 6) is -0.0571. The van der Waals surface area contributed by atoms with Gasteiger partial charge in [0.05, 0.1) is 13.2 Å². The Kier molecular flexibility index (Phi) is 5.82. The molecule has 0 aliphatic carbocycles. The molecule has 6 heteroatoms. The second-order valence-electron chi connectivity index (χ2n) is 5.75. The smallest absolute Gasteiger partial charge is 0.251 e. The zero-order valence-electron chi connectivity index (χ0n) is 12.3. The maximum Gasteiger partial charge on any atom is 0.251 e. The maximum absolute atomic E-state index is 12.3. The van der Waals surface area contributed by atoms with Crippen LogP contribution in [0.1, 0.15) is 24.2 Å². The molecule has 0 saturated carbocycles. The monoisotopic (exact) mass is 418 g/mol. The SMILES string of the molecule is CC(C)(CNC(=O)c1cc(Br)cc(Br)c1)N1CCOCC1. The van der Waals surface area contributed by atoms with E-state index in [2.05, 4.69) is 55.9 Å². The fourth-order valence-electron chi connectivity index (χ4n) is 2.36. The molecule has 1 saturated heterocycles. The number of hydrogen-bond acceptors (Lipinski definition) is 3. The number of hydrogen-bond donors (Lipinski definition) is 1. The molecule has 0 unspecified atom stereocenters. The quantitative estimate of drug-likeness (QED) is 0.815. The van der Waals surface area contributed by atoms with Gasteiger partial charge < -0.3 is 10.1 Å². The van der Waals surface area contributed by atoms with E-state index in [4.69, 9.17) is 4.74 Å². The van der Waals surface area contributed by atoms with Crippen LogP contribution < -0.4 is 5.32 Å². The zero-order valence-corrected chi connectivity index (χ0v) is 15.5. The Morgan fingerprint density at radius 2 is 1.81 bits per heavy atom. The van der Waals surface area contributed by atoms with Crippen molar-refractivity contribution in [2.75, 3.05) is 32.8 Å². The molecule has 1 N–H and O–H groups in total. The average Bonchev–Trinajstić information content (AvgIpc) is 2.45. The van der Waals surface area contributed by atoms with E-state index in [0.717, 1.165) is 35.2 Å². The van der Waals surface area contributed by atoms with Gasteiger partial charge in [0.25, 0.3) is 5.91 Å². The fourth-order valence-corrected chi connectivity index (χ4v) is 3.66. The minimum atomic E-state index is -0.0807. The van der Waals surface area contributed by atoms with E-state index in [9.17, 15) is 4.79 Å². The molecule has 4 nitrogen and oxygen atoms in total. The number of morpholine rings is 1. The van der Waals surface area contributed by atoms with Crippen molar-refractivity contribution in [1.29, 1.82) is 0 Å². The Balaban J connectivity index is 1.96. The summed E-state index contributed by atoms with van der Waals surface area (Å²) in [7, 11) is 0. The van der Waals surface area contributed by atoms with Crippen LogP contribution in [0.2, 0.25) is 0 Å².